The largest absolute Gasteiger partial charge is 0.489 e. The molecule has 3 rings (SSSR count). The lowest BCUT2D eigenvalue weighted by Gasteiger charge is -2.17. The van der Waals surface area contributed by atoms with Crippen molar-refractivity contribution in [3.63, 3.8) is 0 Å². The highest BCUT2D eigenvalue weighted by molar-refractivity contribution is 6.30. The lowest BCUT2D eigenvalue weighted by molar-refractivity contribution is -0.137. The Labute approximate surface area is 174 Å². The first-order valence-electron chi connectivity index (χ1n) is 9.31. The van der Waals surface area contributed by atoms with Gasteiger partial charge in [0.1, 0.15) is 12.4 Å². The molecular formula is C24H21ClO4. The quantitative estimate of drug-likeness (QED) is 0.458. The monoisotopic (exact) mass is 408 g/mol. The number of hydrogen-bond donors (Lipinski definition) is 1. The summed E-state index contributed by atoms with van der Waals surface area (Å²) in [4.78, 5) is 24.3. The summed E-state index contributed by atoms with van der Waals surface area (Å²) < 4.78 is 5.82. The van der Waals surface area contributed by atoms with Crippen molar-refractivity contribution in [3.8, 4) is 5.75 Å². The molecule has 5 heteroatoms. The maximum absolute atomic E-state index is 13.2. The summed E-state index contributed by atoms with van der Waals surface area (Å²) in [6, 6.07) is 23.7. The Bertz CT molecular complexity index is 985. The van der Waals surface area contributed by atoms with Crippen molar-refractivity contribution in [2.24, 2.45) is 0 Å². The van der Waals surface area contributed by atoms with Gasteiger partial charge in [-0.1, -0.05) is 66.2 Å². The summed E-state index contributed by atoms with van der Waals surface area (Å²) in [5.74, 6) is -1.10. The van der Waals surface area contributed by atoms with Crippen LogP contribution in [0.1, 0.15) is 40.2 Å². The number of carboxylic acids is 1. The number of halogens is 1. The van der Waals surface area contributed by atoms with Crippen molar-refractivity contribution >= 4 is 23.4 Å². The second kappa shape index (κ2) is 9.89. The van der Waals surface area contributed by atoms with Crippen molar-refractivity contribution in [1.82, 2.24) is 0 Å². The predicted octanol–water partition coefficient (Wildman–Crippen LogP) is 5.75. The maximum Gasteiger partial charge on any atom is 0.303 e. The van der Waals surface area contributed by atoms with E-state index >= 15 is 0 Å². The third-order valence-corrected chi connectivity index (χ3v) is 4.82. The van der Waals surface area contributed by atoms with Gasteiger partial charge in [0.2, 0.25) is 0 Å². The molecule has 0 heterocycles. The minimum Gasteiger partial charge on any atom is -0.489 e. The lowest BCUT2D eigenvalue weighted by Crippen LogP contribution is -2.15. The molecule has 29 heavy (non-hydrogen) atoms. The van der Waals surface area contributed by atoms with Crippen LogP contribution in [0.5, 0.6) is 5.75 Å². The van der Waals surface area contributed by atoms with Gasteiger partial charge in [-0.2, -0.15) is 0 Å². The number of benzene rings is 3. The molecule has 4 nitrogen and oxygen atoms in total. The summed E-state index contributed by atoms with van der Waals surface area (Å²) >= 11 is 6.08. The van der Waals surface area contributed by atoms with Crippen molar-refractivity contribution in [3.05, 3.63) is 101 Å². The van der Waals surface area contributed by atoms with E-state index in [1.807, 2.05) is 30.3 Å². The van der Waals surface area contributed by atoms with Crippen LogP contribution in [0.2, 0.25) is 5.02 Å². The zero-order chi connectivity index (χ0) is 20.6. The van der Waals surface area contributed by atoms with Gasteiger partial charge in [0.15, 0.2) is 5.78 Å². The van der Waals surface area contributed by atoms with E-state index in [-0.39, 0.29) is 18.6 Å². The van der Waals surface area contributed by atoms with Crippen LogP contribution in [0, 0.1) is 0 Å². The Morgan fingerprint density at radius 3 is 2.41 bits per heavy atom. The number of ketones is 1. The van der Waals surface area contributed by atoms with Crippen LogP contribution in [0.15, 0.2) is 78.9 Å². The molecule has 0 aromatic heterocycles. The van der Waals surface area contributed by atoms with Crippen LogP contribution in [-0.4, -0.2) is 16.9 Å². The molecule has 0 saturated carbocycles. The zero-order valence-corrected chi connectivity index (χ0v) is 16.5. The van der Waals surface area contributed by atoms with Crippen LogP contribution >= 0.6 is 11.6 Å². The molecule has 0 aliphatic heterocycles. The predicted molar refractivity (Wildman–Crippen MR) is 113 cm³/mol. The van der Waals surface area contributed by atoms with Gasteiger partial charge in [-0.25, -0.2) is 0 Å². The van der Waals surface area contributed by atoms with Crippen LogP contribution in [-0.2, 0) is 11.4 Å². The maximum atomic E-state index is 13.2. The smallest absolute Gasteiger partial charge is 0.303 e. The van der Waals surface area contributed by atoms with Gasteiger partial charge in [-0.3, -0.25) is 9.59 Å². The average Bonchev–Trinajstić information content (AvgIpc) is 2.73. The standard InChI is InChI=1S/C24H21ClO4/c25-20-10-4-8-18(14-20)22(12-13-23(26)27)24(28)19-9-5-11-21(15-19)29-16-17-6-2-1-3-7-17/h1-11,14-15,22H,12-13,16H2,(H,26,27)/t22-/m0/s1. The number of carboxylic acid groups (broad SMARTS) is 1. The van der Waals surface area contributed by atoms with Gasteiger partial charge >= 0.3 is 5.97 Å². The highest BCUT2D eigenvalue weighted by Gasteiger charge is 2.23. The number of aliphatic carboxylic acids is 1. The second-order valence-corrected chi connectivity index (χ2v) is 7.14. The summed E-state index contributed by atoms with van der Waals surface area (Å²) in [5, 5.41) is 9.59. The average molecular weight is 409 g/mol. The topological polar surface area (TPSA) is 63.6 Å². The van der Waals surface area contributed by atoms with E-state index in [1.54, 1.807) is 48.5 Å². The zero-order valence-electron chi connectivity index (χ0n) is 15.8. The summed E-state index contributed by atoms with van der Waals surface area (Å²) in [6.07, 6.45) is 0.0940. The lowest BCUT2D eigenvalue weighted by atomic mass is 9.87. The third kappa shape index (κ3) is 5.93. The molecule has 0 aliphatic carbocycles. The molecule has 0 spiro atoms. The van der Waals surface area contributed by atoms with Gasteiger partial charge in [-0.05, 0) is 41.8 Å². The molecule has 148 valence electrons. The molecule has 0 fully saturated rings. The Hall–Kier alpha value is -3.11. The van der Waals surface area contributed by atoms with Crippen LogP contribution in [0.4, 0.5) is 0 Å². The molecule has 0 unspecified atom stereocenters. The fourth-order valence-corrected chi connectivity index (χ4v) is 3.32. The van der Waals surface area contributed by atoms with Crippen molar-refractivity contribution in [2.45, 2.75) is 25.4 Å². The molecule has 1 N–H and O–H groups in total. The highest BCUT2D eigenvalue weighted by Crippen LogP contribution is 2.29. The van der Waals surface area contributed by atoms with E-state index in [2.05, 4.69) is 0 Å². The molecule has 3 aromatic rings. The Kier molecular flexibility index (Phi) is 7.04. The van der Waals surface area contributed by atoms with E-state index in [0.29, 0.717) is 28.5 Å². The van der Waals surface area contributed by atoms with Gasteiger partial charge in [0, 0.05) is 22.9 Å². The summed E-state index contributed by atoms with van der Waals surface area (Å²) in [5.41, 5.74) is 2.22. The van der Waals surface area contributed by atoms with E-state index in [0.717, 1.165) is 5.56 Å². The van der Waals surface area contributed by atoms with Crippen LogP contribution < -0.4 is 4.74 Å². The van der Waals surface area contributed by atoms with Crippen LogP contribution in [0.25, 0.3) is 0 Å². The minimum atomic E-state index is -0.940. The number of ether oxygens (including phenoxy) is 1. The van der Waals surface area contributed by atoms with Crippen molar-refractivity contribution < 1.29 is 19.4 Å². The Morgan fingerprint density at radius 1 is 0.931 bits per heavy atom. The van der Waals surface area contributed by atoms with E-state index in [1.165, 1.54) is 0 Å². The van der Waals surface area contributed by atoms with Crippen LogP contribution in [0.3, 0.4) is 0 Å². The van der Waals surface area contributed by atoms with Crippen molar-refractivity contribution in [2.75, 3.05) is 0 Å². The highest BCUT2D eigenvalue weighted by atomic mass is 35.5. The molecule has 0 radical (unpaired) electrons. The number of carbonyl (C=O) groups excluding carboxylic acids is 1. The van der Waals surface area contributed by atoms with Gasteiger partial charge in [0.05, 0.1) is 0 Å². The normalized spacial score (nSPS) is 11.6. The van der Waals surface area contributed by atoms with Gasteiger partial charge in [0.25, 0.3) is 0 Å². The number of Topliss-reactive ketones (excluding diaryl/α,β-unsaturated/α-hetero) is 1. The molecule has 1 atom stereocenters. The minimum absolute atomic E-state index is 0.104. The number of rotatable bonds is 9. The molecular weight excluding hydrogens is 388 g/mol. The SMILES string of the molecule is O=C(O)CC[C@H](C(=O)c1cccc(OCc2ccccc2)c1)c1cccc(Cl)c1. The van der Waals surface area contributed by atoms with Gasteiger partial charge < -0.3 is 9.84 Å². The molecule has 0 aliphatic rings. The second-order valence-electron chi connectivity index (χ2n) is 6.71. The first kappa shape index (κ1) is 20.6. The Morgan fingerprint density at radius 2 is 1.69 bits per heavy atom. The van der Waals surface area contributed by atoms with Crippen molar-refractivity contribution in [1.29, 1.82) is 0 Å². The molecule has 0 bridgehead atoms. The molecule has 3 aromatic carbocycles. The Balaban J connectivity index is 1.80. The van der Waals surface area contributed by atoms with E-state index < -0.39 is 11.9 Å². The fourth-order valence-electron chi connectivity index (χ4n) is 3.12. The molecule has 0 amide bonds. The first-order valence-corrected chi connectivity index (χ1v) is 9.69. The van der Waals surface area contributed by atoms with E-state index in [4.69, 9.17) is 21.4 Å². The fraction of sp³-hybridized carbons (Fsp3) is 0.167. The third-order valence-electron chi connectivity index (χ3n) is 4.58. The van der Waals surface area contributed by atoms with E-state index in [9.17, 15) is 9.59 Å². The number of hydrogen-bond acceptors (Lipinski definition) is 3. The first-order chi connectivity index (χ1) is 14.0. The number of carbonyl (C=O) groups is 2. The molecule has 0 saturated heterocycles. The van der Waals surface area contributed by atoms with Gasteiger partial charge in [-0.15, -0.1) is 0 Å². The summed E-state index contributed by atoms with van der Waals surface area (Å²) in [6.45, 7) is 0.398. The summed E-state index contributed by atoms with van der Waals surface area (Å²) in [7, 11) is 0.